The number of benzene rings is 2. The third kappa shape index (κ3) is 5.75. The highest BCUT2D eigenvalue weighted by molar-refractivity contribution is 7.89. The first-order chi connectivity index (χ1) is 13.5. The van der Waals surface area contributed by atoms with Crippen LogP contribution in [0.1, 0.15) is 28.9 Å². The Balaban J connectivity index is 2.03. The molecule has 1 N–H and O–H groups in total. The largest absolute Gasteiger partial charge is 0.452 e. The molecule has 0 aliphatic rings. The van der Waals surface area contributed by atoms with Gasteiger partial charge in [-0.2, -0.15) is 0 Å². The van der Waals surface area contributed by atoms with Gasteiger partial charge in [0, 0.05) is 14.1 Å². The molecular weight excluding hydrogens is 423 g/mol. The molecule has 2 rings (SSSR count). The molecule has 0 bridgehead atoms. The van der Waals surface area contributed by atoms with Crippen molar-refractivity contribution in [3.63, 3.8) is 0 Å². The maximum Gasteiger partial charge on any atom is 0.340 e. The number of carbonyl (C=O) groups excluding carboxylic acids is 2. The first-order valence-corrected chi connectivity index (χ1v) is 10.3. The molecule has 1 amide bonds. The molecule has 2 aromatic rings. The van der Waals surface area contributed by atoms with Crippen molar-refractivity contribution in [3.05, 3.63) is 64.4 Å². The van der Waals surface area contributed by atoms with Crippen LogP contribution in [0.25, 0.3) is 0 Å². The number of nitrogens with one attached hydrogen (secondary N) is 1. The van der Waals surface area contributed by atoms with Crippen LogP contribution < -0.4 is 5.32 Å². The van der Waals surface area contributed by atoms with Gasteiger partial charge in [-0.25, -0.2) is 21.9 Å². The van der Waals surface area contributed by atoms with Crippen LogP contribution in [-0.4, -0.2) is 45.3 Å². The maximum atomic E-state index is 13.0. The Bertz CT molecular complexity index is 1010. The number of amides is 1. The minimum absolute atomic E-state index is 0.00667. The number of hydrogen-bond donors (Lipinski definition) is 1. The highest BCUT2D eigenvalue weighted by atomic mass is 35.5. The molecule has 0 spiro atoms. The standard InChI is InChI=1S/C19H20ClFN2O5S/c1-12(13-4-6-14(21)7-5-13)22-18(24)11-28-19(25)16-10-15(8-9-17(16)20)29(26,27)23(2)3/h4-10,12H,11H2,1-3H3,(H,22,24)/t12-/m0/s1. The van der Waals surface area contributed by atoms with Gasteiger partial charge in [-0.05, 0) is 42.8 Å². The van der Waals surface area contributed by atoms with Gasteiger partial charge in [0.25, 0.3) is 5.91 Å². The Hall–Kier alpha value is -2.49. The van der Waals surface area contributed by atoms with Gasteiger partial charge in [-0.15, -0.1) is 0 Å². The highest BCUT2D eigenvalue weighted by Crippen LogP contribution is 2.23. The molecule has 1 atom stereocenters. The average Bonchev–Trinajstić information content (AvgIpc) is 2.66. The van der Waals surface area contributed by atoms with Crippen LogP contribution in [0.5, 0.6) is 0 Å². The van der Waals surface area contributed by atoms with Crippen molar-refractivity contribution in [2.75, 3.05) is 20.7 Å². The summed E-state index contributed by atoms with van der Waals surface area (Å²) in [5.74, 6) is -1.91. The molecule has 0 aliphatic carbocycles. The molecular formula is C19H20ClFN2O5S. The fourth-order valence-corrected chi connectivity index (χ4v) is 3.48. The van der Waals surface area contributed by atoms with E-state index in [9.17, 15) is 22.4 Å². The summed E-state index contributed by atoms with van der Waals surface area (Å²) in [7, 11) is -1.06. The van der Waals surface area contributed by atoms with Gasteiger partial charge in [-0.1, -0.05) is 23.7 Å². The lowest BCUT2D eigenvalue weighted by Gasteiger charge is -2.15. The van der Waals surface area contributed by atoms with Crippen LogP contribution >= 0.6 is 11.6 Å². The third-order valence-corrected chi connectivity index (χ3v) is 6.16. The molecule has 0 unspecified atom stereocenters. The number of sulfonamides is 1. The molecule has 10 heteroatoms. The van der Waals surface area contributed by atoms with Crippen molar-refractivity contribution in [2.24, 2.45) is 0 Å². The SMILES string of the molecule is C[C@H](NC(=O)COC(=O)c1cc(S(=O)(=O)N(C)C)ccc1Cl)c1ccc(F)cc1. The zero-order valence-corrected chi connectivity index (χ0v) is 17.6. The third-order valence-electron chi connectivity index (χ3n) is 4.02. The number of nitrogens with zero attached hydrogens (tertiary/aromatic N) is 1. The van der Waals surface area contributed by atoms with E-state index in [0.29, 0.717) is 5.56 Å². The fourth-order valence-electron chi connectivity index (χ4n) is 2.36. The second kappa shape index (κ2) is 9.34. The number of rotatable bonds is 7. The Labute approximate surface area is 173 Å². The predicted octanol–water partition coefficient (Wildman–Crippen LogP) is 2.76. The quantitative estimate of drug-likeness (QED) is 0.665. The summed E-state index contributed by atoms with van der Waals surface area (Å²) in [6.07, 6.45) is 0. The van der Waals surface area contributed by atoms with E-state index in [4.69, 9.17) is 16.3 Å². The van der Waals surface area contributed by atoms with Crippen molar-refractivity contribution in [2.45, 2.75) is 17.9 Å². The molecule has 0 aliphatic heterocycles. The zero-order valence-electron chi connectivity index (χ0n) is 16.0. The number of esters is 1. The summed E-state index contributed by atoms with van der Waals surface area (Å²) in [4.78, 5) is 24.2. The fraction of sp³-hybridized carbons (Fsp3) is 0.263. The van der Waals surface area contributed by atoms with E-state index in [2.05, 4.69) is 5.32 Å². The van der Waals surface area contributed by atoms with Crippen LogP contribution in [0.2, 0.25) is 5.02 Å². The number of carbonyl (C=O) groups is 2. The predicted molar refractivity (Wildman–Crippen MR) is 106 cm³/mol. The van der Waals surface area contributed by atoms with Crippen molar-refractivity contribution in [1.82, 2.24) is 9.62 Å². The van der Waals surface area contributed by atoms with Gasteiger partial charge >= 0.3 is 5.97 Å². The Morgan fingerprint density at radius 3 is 2.38 bits per heavy atom. The number of hydrogen-bond acceptors (Lipinski definition) is 5. The highest BCUT2D eigenvalue weighted by Gasteiger charge is 2.22. The molecule has 0 aromatic heterocycles. The van der Waals surface area contributed by atoms with Gasteiger partial charge in [0.15, 0.2) is 6.61 Å². The van der Waals surface area contributed by atoms with Gasteiger partial charge in [0.2, 0.25) is 10.0 Å². The van der Waals surface area contributed by atoms with Gasteiger partial charge in [-0.3, -0.25) is 4.79 Å². The summed E-state index contributed by atoms with van der Waals surface area (Å²) in [6, 6.07) is 8.81. The van der Waals surface area contributed by atoms with Crippen molar-refractivity contribution >= 4 is 33.5 Å². The lowest BCUT2D eigenvalue weighted by Crippen LogP contribution is -2.31. The van der Waals surface area contributed by atoms with E-state index in [1.807, 2.05) is 0 Å². The maximum absolute atomic E-state index is 13.0. The number of ether oxygens (including phenoxy) is 1. The Morgan fingerprint density at radius 1 is 1.17 bits per heavy atom. The topological polar surface area (TPSA) is 92.8 Å². The van der Waals surface area contributed by atoms with E-state index in [1.54, 1.807) is 6.92 Å². The zero-order chi connectivity index (χ0) is 21.8. The van der Waals surface area contributed by atoms with E-state index in [0.717, 1.165) is 10.4 Å². The summed E-state index contributed by atoms with van der Waals surface area (Å²) >= 11 is 5.97. The van der Waals surface area contributed by atoms with Crippen LogP contribution in [0.4, 0.5) is 4.39 Å². The summed E-state index contributed by atoms with van der Waals surface area (Å²) in [5.41, 5.74) is 0.504. The van der Waals surface area contributed by atoms with E-state index < -0.39 is 40.4 Å². The van der Waals surface area contributed by atoms with Gasteiger partial charge < -0.3 is 10.1 Å². The van der Waals surface area contributed by atoms with E-state index in [1.165, 1.54) is 50.5 Å². The van der Waals surface area contributed by atoms with Crippen molar-refractivity contribution in [3.8, 4) is 0 Å². The molecule has 7 nitrogen and oxygen atoms in total. The van der Waals surface area contributed by atoms with Gasteiger partial charge in [0.1, 0.15) is 5.82 Å². The average molecular weight is 443 g/mol. The van der Waals surface area contributed by atoms with Crippen molar-refractivity contribution < 1.29 is 27.1 Å². The molecule has 156 valence electrons. The van der Waals surface area contributed by atoms with Crippen LogP contribution in [0.15, 0.2) is 47.4 Å². The monoisotopic (exact) mass is 442 g/mol. The lowest BCUT2D eigenvalue weighted by molar-refractivity contribution is -0.124. The lowest BCUT2D eigenvalue weighted by atomic mass is 10.1. The Kier molecular flexibility index (Phi) is 7.34. The molecule has 0 saturated carbocycles. The molecule has 0 radical (unpaired) electrons. The Morgan fingerprint density at radius 2 is 1.79 bits per heavy atom. The summed E-state index contributed by atoms with van der Waals surface area (Å²) < 4.78 is 43.3. The second-order valence-electron chi connectivity index (χ2n) is 6.35. The van der Waals surface area contributed by atoms with Gasteiger partial charge in [0.05, 0.1) is 21.5 Å². The van der Waals surface area contributed by atoms with Crippen LogP contribution in [-0.2, 0) is 19.6 Å². The first-order valence-electron chi connectivity index (χ1n) is 8.46. The van der Waals surface area contributed by atoms with E-state index >= 15 is 0 Å². The smallest absolute Gasteiger partial charge is 0.340 e. The summed E-state index contributed by atoms with van der Waals surface area (Å²) in [6.45, 7) is 1.10. The molecule has 29 heavy (non-hydrogen) atoms. The molecule has 0 heterocycles. The van der Waals surface area contributed by atoms with E-state index in [-0.39, 0.29) is 15.5 Å². The van der Waals surface area contributed by atoms with Crippen LogP contribution in [0.3, 0.4) is 0 Å². The molecule has 0 saturated heterocycles. The molecule has 2 aromatic carbocycles. The summed E-state index contributed by atoms with van der Waals surface area (Å²) in [5, 5.41) is 2.61. The number of halogens is 2. The molecule has 0 fully saturated rings. The normalized spacial score (nSPS) is 12.5. The minimum Gasteiger partial charge on any atom is -0.452 e. The minimum atomic E-state index is -3.77. The van der Waals surface area contributed by atoms with Crippen LogP contribution in [0, 0.1) is 5.82 Å². The van der Waals surface area contributed by atoms with Crippen molar-refractivity contribution in [1.29, 1.82) is 0 Å². The first kappa shape index (κ1) is 22.8. The second-order valence-corrected chi connectivity index (χ2v) is 8.91.